The van der Waals surface area contributed by atoms with Gasteiger partial charge in [0.2, 0.25) is 0 Å². The van der Waals surface area contributed by atoms with Crippen molar-refractivity contribution in [3.05, 3.63) is 29.5 Å². The van der Waals surface area contributed by atoms with Crippen LogP contribution < -0.4 is 9.47 Å². The molecule has 1 aromatic carbocycles. The van der Waals surface area contributed by atoms with Gasteiger partial charge in [-0.2, -0.15) is 5.10 Å². The summed E-state index contributed by atoms with van der Waals surface area (Å²) in [4.78, 5) is 11.1. The smallest absolute Gasteiger partial charge is 0.356 e. The van der Waals surface area contributed by atoms with Gasteiger partial charge >= 0.3 is 5.97 Å². The topological polar surface area (TPSA) is 73.6 Å². The molecule has 1 aliphatic heterocycles. The van der Waals surface area contributed by atoms with Crippen molar-refractivity contribution in [2.24, 2.45) is 7.05 Å². The predicted octanol–water partition coefficient (Wildman–Crippen LogP) is 2.12. The third-order valence-corrected chi connectivity index (χ3v) is 3.54. The molecule has 6 nitrogen and oxygen atoms in total. The summed E-state index contributed by atoms with van der Waals surface area (Å²) >= 11 is 0. The summed E-state index contributed by atoms with van der Waals surface area (Å²) in [5.74, 6) is 0.453. The molecule has 110 valence electrons. The molecule has 0 fully saturated rings. The summed E-state index contributed by atoms with van der Waals surface area (Å²) in [7, 11) is 1.73. The van der Waals surface area contributed by atoms with E-state index in [1.165, 1.54) is 0 Å². The second-order valence-electron chi connectivity index (χ2n) is 4.81. The van der Waals surface area contributed by atoms with Crippen molar-refractivity contribution in [1.29, 1.82) is 0 Å². The van der Waals surface area contributed by atoms with Crippen molar-refractivity contribution in [3.63, 3.8) is 0 Å². The molecule has 0 amide bonds. The molecule has 0 saturated carbocycles. The van der Waals surface area contributed by atoms with Crippen molar-refractivity contribution >= 4 is 5.97 Å². The molecule has 21 heavy (non-hydrogen) atoms. The molecule has 2 heterocycles. The standard InChI is InChI=1S/C15H16N2O4/c1-3-9-10(4-5-13-14(9)21-7-6-20-13)12-8-11(15(18)19)16-17(12)2/h4-5,8H,3,6-7H2,1-2H3,(H,18,19). The van der Waals surface area contributed by atoms with Crippen LogP contribution >= 0.6 is 0 Å². The van der Waals surface area contributed by atoms with Gasteiger partial charge in [-0.05, 0) is 24.6 Å². The van der Waals surface area contributed by atoms with E-state index in [1.54, 1.807) is 17.8 Å². The normalized spacial score (nSPS) is 13.2. The van der Waals surface area contributed by atoms with Gasteiger partial charge in [0, 0.05) is 18.2 Å². The first-order valence-electron chi connectivity index (χ1n) is 6.81. The molecule has 0 unspecified atom stereocenters. The molecule has 3 rings (SSSR count). The Hall–Kier alpha value is -2.50. The molecule has 1 aromatic heterocycles. The van der Waals surface area contributed by atoms with E-state index < -0.39 is 5.97 Å². The van der Waals surface area contributed by atoms with Gasteiger partial charge in [0.1, 0.15) is 13.2 Å². The lowest BCUT2D eigenvalue weighted by Gasteiger charge is -2.22. The number of nitrogens with zero attached hydrogens (tertiary/aromatic N) is 2. The highest BCUT2D eigenvalue weighted by atomic mass is 16.6. The SMILES string of the molecule is CCc1c(-c2cc(C(=O)O)nn2C)ccc2c1OCCO2. The molecule has 0 atom stereocenters. The quantitative estimate of drug-likeness (QED) is 0.936. The fourth-order valence-electron chi connectivity index (χ4n) is 2.59. The van der Waals surface area contributed by atoms with Gasteiger partial charge in [-0.15, -0.1) is 0 Å². The number of benzene rings is 1. The molecule has 0 aliphatic carbocycles. The molecule has 6 heteroatoms. The first-order valence-corrected chi connectivity index (χ1v) is 6.81. The van der Waals surface area contributed by atoms with Crippen molar-refractivity contribution in [3.8, 4) is 22.8 Å². The monoisotopic (exact) mass is 288 g/mol. The second kappa shape index (κ2) is 5.12. The van der Waals surface area contributed by atoms with Crippen LogP contribution in [-0.4, -0.2) is 34.1 Å². The Morgan fingerprint density at radius 3 is 2.81 bits per heavy atom. The number of carbonyl (C=O) groups is 1. The highest BCUT2D eigenvalue weighted by molar-refractivity contribution is 5.87. The van der Waals surface area contributed by atoms with E-state index in [1.807, 2.05) is 19.1 Å². The van der Waals surface area contributed by atoms with Crippen LogP contribution in [0, 0.1) is 0 Å². The minimum atomic E-state index is -1.03. The molecule has 0 spiro atoms. The Kier molecular flexibility index (Phi) is 3.29. The number of hydrogen-bond donors (Lipinski definition) is 1. The highest BCUT2D eigenvalue weighted by Gasteiger charge is 2.21. The lowest BCUT2D eigenvalue weighted by Crippen LogP contribution is -2.17. The van der Waals surface area contributed by atoms with Gasteiger partial charge in [-0.3, -0.25) is 4.68 Å². The molecule has 2 aromatic rings. The van der Waals surface area contributed by atoms with Crippen molar-refractivity contribution in [1.82, 2.24) is 9.78 Å². The van der Waals surface area contributed by atoms with Crippen LogP contribution in [0.25, 0.3) is 11.3 Å². The maximum atomic E-state index is 11.1. The van der Waals surface area contributed by atoms with E-state index in [0.717, 1.165) is 34.7 Å². The summed E-state index contributed by atoms with van der Waals surface area (Å²) in [6.07, 6.45) is 0.759. The van der Waals surface area contributed by atoms with E-state index in [4.69, 9.17) is 14.6 Å². The minimum Gasteiger partial charge on any atom is -0.486 e. The van der Waals surface area contributed by atoms with Crippen LogP contribution in [-0.2, 0) is 13.5 Å². The van der Waals surface area contributed by atoms with Crippen LogP contribution in [0.5, 0.6) is 11.5 Å². The van der Waals surface area contributed by atoms with E-state index in [-0.39, 0.29) is 5.69 Å². The second-order valence-corrected chi connectivity index (χ2v) is 4.81. The van der Waals surface area contributed by atoms with Gasteiger partial charge in [0.05, 0.1) is 5.69 Å². The number of ether oxygens (including phenoxy) is 2. The van der Waals surface area contributed by atoms with E-state index in [0.29, 0.717) is 13.2 Å². The maximum absolute atomic E-state index is 11.1. The fourth-order valence-corrected chi connectivity index (χ4v) is 2.59. The number of fused-ring (bicyclic) bond motifs is 1. The average Bonchev–Trinajstić information content (AvgIpc) is 2.88. The van der Waals surface area contributed by atoms with Crippen LogP contribution in [0.4, 0.5) is 0 Å². The van der Waals surface area contributed by atoms with Crippen LogP contribution in [0.15, 0.2) is 18.2 Å². The molecule has 0 radical (unpaired) electrons. The minimum absolute atomic E-state index is 0.0319. The van der Waals surface area contributed by atoms with Gasteiger partial charge in [-0.1, -0.05) is 6.92 Å². The van der Waals surface area contributed by atoms with Crippen molar-refractivity contribution in [2.75, 3.05) is 13.2 Å². The molecule has 1 aliphatic rings. The molecular formula is C15H16N2O4. The van der Waals surface area contributed by atoms with Crippen molar-refractivity contribution in [2.45, 2.75) is 13.3 Å². The first kappa shape index (κ1) is 13.5. The summed E-state index contributed by atoms with van der Waals surface area (Å²) < 4.78 is 12.9. The number of aromatic carboxylic acids is 1. The van der Waals surface area contributed by atoms with Crippen molar-refractivity contribution < 1.29 is 19.4 Å². The maximum Gasteiger partial charge on any atom is 0.356 e. The molecule has 1 N–H and O–H groups in total. The fraction of sp³-hybridized carbons (Fsp3) is 0.333. The van der Waals surface area contributed by atoms with Gasteiger partial charge < -0.3 is 14.6 Å². The Morgan fingerprint density at radius 1 is 1.38 bits per heavy atom. The lowest BCUT2D eigenvalue weighted by atomic mass is 10.00. The Morgan fingerprint density at radius 2 is 2.14 bits per heavy atom. The van der Waals surface area contributed by atoms with E-state index >= 15 is 0 Å². The molecule has 0 saturated heterocycles. The van der Waals surface area contributed by atoms with Gasteiger partial charge in [0.25, 0.3) is 0 Å². The predicted molar refractivity (Wildman–Crippen MR) is 76.0 cm³/mol. The van der Waals surface area contributed by atoms with Crippen LogP contribution in [0.2, 0.25) is 0 Å². The Bertz CT molecular complexity index is 706. The number of carboxylic acids is 1. The van der Waals surface area contributed by atoms with Crippen LogP contribution in [0.3, 0.4) is 0 Å². The Labute approximate surface area is 121 Å². The first-order chi connectivity index (χ1) is 10.1. The van der Waals surface area contributed by atoms with Crippen LogP contribution in [0.1, 0.15) is 23.0 Å². The Balaban J connectivity index is 2.16. The molecule has 0 bridgehead atoms. The number of carboxylic acid groups (broad SMARTS) is 1. The molecular weight excluding hydrogens is 272 g/mol. The zero-order valence-corrected chi connectivity index (χ0v) is 11.9. The number of aromatic nitrogens is 2. The summed E-state index contributed by atoms with van der Waals surface area (Å²) in [5.41, 5.74) is 2.71. The summed E-state index contributed by atoms with van der Waals surface area (Å²) in [5, 5.41) is 13.1. The summed E-state index contributed by atoms with van der Waals surface area (Å²) in [6.45, 7) is 3.10. The van der Waals surface area contributed by atoms with Gasteiger partial charge in [-0.25, -0.2) is 4.79 Å². The zero-order valence-electron chi connectivity index (χ0n) is 11.9. The van der Waals surface area contributed by atoms with Gasteiger partial charge in [0.15, 0.2) is 17.2 Å². The number of aryl methyl sites for hydroxylation is 1. The highest BCUT2D eigenvalue weighted by Crippen LogP contribution is 2.40. The van der Waals surface area contributed by atoms with E-state index in [9.17, 15) is 4.79 Å². The largest absolute Gasteiger partial charge is 0.486 e. The third kappa shape index (κ3) is 2.22. The number of rotatable bonds is 3. The van der Waals surface area contributed by atoms with E-state index in [2.05, 4.69) is 5.10 Å². The third-order valence-electron chi connectivity index (χ3n) is 3.54. The summed E-state index contributed by atoms with van der Waals surface area (Å²) in [6, 6.07) is 5.36. The average molecular weight is 288 g/mol. The number of hydrogen-bond acceptors (Lipinski definition) is 4. The lowest BCUT2D eigenvalue weighted by molar-refractivity contribution is 0.0689. The zero-order chi connectivity index (χ0) is 15.0.